The van der Waals surface area contributed by atoms with E-state index < -0.39 is 0 Å². The molecule has 2 aromatic rings. The lowest BCUT2D eigenvalue weighted by Gasteiger charge is -2.14. The molecular formula is C16H12ClNO3. The van der Waals surface area contributed by atoms with Gasteiger partial charge in [0.05, 0.1) is 23.6 Å². The van der Waals surface area contributed by atoms with Crippen LogP contribution in [0.3, 0.4) is 0 Å². The number of amides is 2. The Hall–Kier alpha value is -2.33. The number of phenolic OH excluding ortho intramolecular Hbond substituents is 1. The quantitative estimate of drug-likeness (QED) is 0.700. The summed E-state index contributed by atoms with van der Waals surface area (Å²) in [6.07, 6.45) is 0. The SMILES string of the molecule is O=C1c2ccccc2C(=O)N1Cc1ccc(CCl)c(O)c1. The molecule has 5 heteroatoms. The zero-order valence-electron chi connectivity index (χ0n) is 11.0. The van der Waals surface area contributed by atoms with E-state index in [9.17, 15) is 14.7 Å². The molecule has 0 saturated heterocycles. The number of imide groups is 1. The Bertz CT molecular complexity index is 707. The number of alkyl halides is 1. The van der Waals surface area contributed by atoms with E-state index in [1.54, 1.807) is 36.4 Å². The standard InChI is InChI=1S/C16H12ClNO3/c17-8-11-6-5-10(7-14(11)19)9-18-15(20)12-3-1-2-4-13(12)16(18)21/h1-7,19H,8-9H2. The third kappa shape index (κ3) is 2.28. The number of carbonyl (C=O) groups is 2. The summed E-state index contributed by atoms with van der Waals surface area (Å²) in [6, 6.07) is 11.7. The first kappa shape index (κ1) is 13.6. The van der Waals surface area contributed by atoms with Crippen LogP contribution in [0.4, 0.5) is 0 Å². The molecule has 0 unspecified atom stereocenters. The molecule has 0 saturated carbocycles. The number of hydrogen-bond donors (Lipinski definition) is 1. The maximum Gasteiger partial charge on any atom is 0.261 e. The topological polar surface area (TPSA) is 57.6 Å². The highest BCUT2D eigenvalue weighted by Crippen LogP contribution is 2.26. The van der Waals surface area contributed by atoms with E-state index in [0.717, 1.165) is 0 Å². The molecule has 0 atom stereocenters. The minimum absolute atomic E-state index is 0.0686. The Morgan fingerprint density at radius 2 is 1.62 bits per heavy atom. The molecule has 0 fully saturated rings. The van der Waals surface area contributed by atoms with Crippen molar-refractivity contribution in [1.82, 2.24) is 4.90 Å². The van der Waals surface area contributed by atoms with E-state index in [-0.39, 0.29) is 30.0 Å². The van der Waals surface area contributed by atoms with Crippen molar-refractivity contribution in [2.75, 3.05) is 0 Å². The lowest BCUT2D eigenvalue weighted by atomic mass is 10.1. The average Bonchev–Trinajstić information content (AvgIpc) is 2.73. The van der Waals surface area contributed by atoms with Gasteiger partial charge in [0.25, 0.3) is 11.8 Å². The van der Waals surface area contributed by atoms with Crippen molar-refractivity contribution in [2.24, 2.45) is 0 Å². The Labute approximate surface area is 126 Å². The van der Waals surface area contributed by atoms with Crippen LogP contribution in [0.25, 0.3) is 0 Å². The number of aromatic hydroxyl groups is 1. The van der Waals surface area contributed by atoms with E-state index in [0.29, 0.717) is 22.3 Å². The highest BCUT2D eigenvalue weighted by molar-refractivity contribution is 6.21. The van der Waals surface area contributed by atoms with Crippen LogP contribution in [-0.4, -0.2) is 21.8 Å². The third-order valence-electron chi connectivity index (χ3n) is 3.51. The maximum atomic E-state index is 12.2. The van der Waals surface area contributed by atoms with Crippen LogP contribution in [0.2, 0.25) is 0 Å². The van der Waals surface area contributed by atoms with Crippen molar-refractivity contribution >= 4 is 23.4 Å². The Morgan fingerprint density at radius 1 is 1.00 bits per heavy atom. The second-order valence-corrected chi connectivity index (χ2v) is 5.11. The van der Waals surface area contributed by atoms with Gasteiger partial charge in [0.15, 0.2) is 0 Å². The minimum Gasteiger partial charge on any atom is -0.508 e. The molecule has 0 bridgehead atoms. The van der Waals surface area contributed by atoms with E-state index in [4.69, 9.17) is 11.6 Å². The first-order valence-corrected chi connectivity index (χ1v) is 6.97. The molecule has 4 nitrogen and oxygen atoms in total. The zero-order valence-corrected chi connectivity index (χ0v) is 11.8. The zero-order chi connectivity index (χ0) is 15.0. The smallest absolute Gasteiger partial charge is 0.261 e. The van der Waals surface area contributed by atoms with Crippen molar-refractivity contribution < 1.29 is 14.7 Å². The number of phenols is 1. The van der Waals surface area contributed by atoms with E-state index in [1.165, 1.54) is 11.0 Å². The van der Waals surface area contributed by atoms with Gasteiger partial charge in [-0.15, -0.1) is 11.6 Å². The molecule has 0 aromatic heterocycles. The molecule has 1 heterocycles. The van der Waals surface area contributed by atoms with Crippen LogP contribution in [0.1, 0.15) is 31.8 Å². The lowest BCUT2D eigenvalue weighted by molar-refractivity contribution is 0.0642. The van der Waals surface area contributed by atoms with Gasteiger partial charge in [-0.25, -0.2) is 0 Å². The van der Waals surface area contributed by atoms with Crippen LogP contribution in [0.15, 0.2) is 42.5 Å². The Kier molecular flexibility index (Phi) is 3.39. The predicted molar refractivity (Wildman–Crippen MR) is 78.3 cm³/mol. The van der Waals surface area contributed by atoms with Gasteiger partial charge in [-0.3, -0.25) is 14.5 Å². The number of hydrogen-bond acceptors (Lipinski definition) is 3. The molecule has 0 radical (unpaired) electrons. The monoisotopic (exact) mass is 301 g/mol. The molecule has 2 amide bonds. The fourth-order valence-corrected chi connectivity index (χ4v) is 2.61. The van der Waals surface area contributed by atoms with Crippen LogP contribution in [-0.2, 0) is 12.4 Å². The van der Waals surface area contributed by atoms with Gasteiger partial charge in [0.2, 0.25) is 0 Å². The highest BCUT2D eigenvalue weighted by atomic mass is 35.5. The molecule has 1 N–H and O–H groups in total. The summed E-state index contributed by atoms with van der Waals surface area (Å²) in [5.41, 5.74) is 2.13. The van der Waals surface area contributed by atoms with Gasteiger partial charge in [-0.2, -0.15) is 0 Å². The first-order chi connectivity index (χ1) is 10.1. The van der Waals surface area contributed by atoms with Crippen molar-refractivity contribution in [1.29, 1.82) is 0 Å². The number of rotatable bonds is 3. The van der Waals surface area contributed by atoms with E-state index in [2.05, 4.69) is 0 Å². The van der Waals surface area contributed by atoms with Gasteiger partial charge in [0.1, 0.15) is 5.75 Å². The number of fused-ring (bicyclic) bond motifs is 1. The Morgan fingerprint density at radius 3 is 2.14 bits per heavy atom. The summed E-state index contributed by atoms with van der Waals surface area (Å²) >= 11 is 5.68. The molecule has 3 rings (SSSR count). The van der Waals surface area contributed by atoms with Crippen LogP contribution in [0.5, 0.6) is 5.75 Å². The molecule has 1 aliphatic heterocycles. The van der Waals surface area contributed by atoms with Gasteiger partial charge in [-0.05, 0) is 23.8 Å². The average molecular weight is 302 g/mol. The first-order valence-electron chi connectivity index (χ1n) is 6.44. The fourth-order valence-electron chi connectivity index (χ4n) is 2.39. The number of carbonyl (C=O) groups excluding carboxylic acids is 2. The van der Waals surface area contributed by atoms with Crippen LogP contribution in [0, 0.1) is 0 Å². The molecule has 1 aliphatic rings. The Balaban J connectivity index is 1.88. The lowest BCUT2D eigenvalue weighted by Crippen LogP contribution is -2.29. The minimum atomic E-state index is -0.309. The molecule has 0 aliphatic carbocycles. The summed E-state index contributed by atoms with van der Waals surface area (Å²) in [5.74, 6) is -0.341. The van der Waals surface area contributed by atoms with Gasteiger partial charge in [-0.1, -0.05) is 24.3 Å². The van der Waals surface area contributed by atoms with Crippen molar-refractivity contribution in [3.05, 3.63) is 64.7 Å². The molecule has 21 heavy (non-hydrogen) atoms. The van der Waals surface area contributed by atoms with Crippen LogP contribution < -0.4 is 0 Å². The second kappa shape index (κ2) is 5.22. The summed E-state index contributed by atoms with van der Waals surface area (Å²) in [4.78, 5) is 25.7. The maximum absolute atomic E-state index is 12.2. The molecular weight excluding hydrogens is 290 g/mol. The number of benzene rings is 2. The van der Waals surface area contributed by atoms with Crippen molar-refractivity contribution in [2.45, 2.75) is 12.4 Å². The van der Waals surface area contributed by atoms with E-state index in [1.807, 2.05) is 0 Å². The molecule has 0 spiro atoms. The second-order valence-electron chi connectivity index (χ2n) is 4.84. The number of nitrogens with zero attached hydrogens (tertiary/aromatic N) is 1. The molecule has 106 valence electrons. The van der Waals surface area contributed by atoms with Gasteiger partial charge >= 0.3 is 0 Å². The van der Waals surface area contributed by atoms with Gasteiger partial charge in [0, 0.05) is 5.56 Å². The third-order valence-corrected chi connectivity index (χ3v) is 3.80. The van der Waals surface area contributed by atoms with E-state index >= 15 is 0 Å². The summed E-state index contributed by atoms with van der Waals surface area (Å²) in [6.45, 7) is 0.127. The number of halogens is 1. The molecule has 2 aromatic carbocycles. The highest BCUT2D eigenvalue weighted by Gasteiger charge is 2.34. The normalized spacial score (nSPS) is 13.7. The van der Waals surface area contributed by atoms with Gasteiger partial charge < -0.3 is 5.11 Å². The van der Waals surface area contributed by atoms with Crippen molar-refractivity contribution in [3.8, 4) is 5.75 Å². The predicted octanol–water partition coefficient (Wildman–Crippen LogP) is 2.93. The largest absolute Gasteiger partial charge is 0.508 e. The fraction of sp³-hybridized carbons (Fsp3) is 0.125. The summed E-state index contributed by atoms with van der Waals surface area (Å²) in [5, 5.41) is 9.80. The van der Waals surface area contributed by atoms with Crippen LogP contribution >= 0.6 is 11.6 Å². The summed E-state index contributed by atoms with van der Waals surface area (Å²) in [7, 11) is 0. The summed E-state index contributed by atoms with van der Waals surface area (Å²) < 4.78 is 0. The van der Waals surface area contributed by atoms with Crippen molar-refractivity contribution in [3.63, 3.8) is 0 Å².